The minimum atomic E-state index is -4.70. The van der Waals surface area contributed by atoms with Crippen molar-refractivity contribution >= 4 is 34.3 Å². The van der Waals surface area contributed by atoms with Crippen molar-refractivity contribution in [3.05, 3.63) is 95.1 Å². The van der Waals surface area contributed by atoms with E-state index in [4.69, 9.17) is 5.73 Å². The van der Waals surface area contributed by atoms with Crippen LogP contribution in [-0.2, 0) is 12.7 Å². The summed E-state index contributed by atoms with van der Waals surface area (Å²) in [6.45, 7) is 1.72. The lowest BCUT2D eigenvalue weighted by molar-refractivity contribution is -0.137. The summed E-state index contributed by atoms with van der Waals surface area (Å²) < 4.78 is 54.0. The molecule has 3 aromatic heterocycles. The van der Waals surface area contributed by atoms with E-state index in [0.717, 1.165) is 22.8 Å². The second kappa shape index (κ2) is 10.0. The van der Waals surface area contributed by atoms with Gasteiger partial charge in [-0.25, -0.2) is 14.4 Å². The summed E-state index contributed by atoms with van der Waals surface area (Å²) in [5.74, 6) is -1.06. The van der Waals surface area contributed by atoms with Crippen LogP contribution in [0.25, 0.3) is 22.2 Å². The normalized spacial score (nSPS) is 11.5. The predicted octanol–water partition coefficient (Wildman–Crippen LogP) is 5.93. The van der Waals surface area contributed by atoms with E-state index < -0.39 is 23.5 Å². The number of nitrogens with one attached hydrogen (secondary N) is 3. The van der Waals surface area contributed by atoms with E-state index in [1.54, 1.807) is 13.1 Å². The van der Waals surface area contributed by atoms with E-state index >= 15 is 0 Å². The number of halogens is 4. The Hall–Kier alpha value is -5.00. The highest BCUT2D eigenvalue weighted by Crippen LogP contribution is 2.31. The van der Waals surface area contributed by atoms with Crippen LogP contribution in [0, 0.1) is 12.7 Å². The number of H-pyrrole nitrogens is 1. The lowest BCUT2D eigenvalue weighted by atomic mass is 10.0. The number of nitrogens with two attached hydrogens (primary N) is 1. The van der Waals surface area contributed by atoms with Crippen molar-refractivity contribution in [1.29, 1.82) is 0 Å². The van der Waals surface area contributed by atoms with E-state index in [1.165, 1.54) is 12.1 Å². The Morgan fingerprint density at radius 3 is 2.49 bits per heavy atom. The molecular formula is C27H21F4N7O. The topological polar surface area (TPSA) is 122 Å². The second-order valence-electron chi connectivity index (χ2n) is 8.82. The number of amides is 1. The number of benzene rings is 2. The van der Waals surface area contributed by atoms with Crippen LogP contribution in [0.15, 0.2) is 67.0 Å². The summed E-state index contributed by atoms with van der Waals surface area (Å²) in [6.07, 6.45) is -2.38. The molecular weight excluding hydrogens is 514 g/mol. The lowest BCUT2D eigenvalue weighted by Crippen LogP contribution is -2.18. The van der Waals surface area contributed by atoms with E-state index in [2.05, 4.69) is 30.8 Å². The number of pyridine rings is 2. The highest BCUT2D eigenvalue weighted by Gasteiger charge is 2.32. The van der Waals surface area contributed by atoms with Gasteiger partial charge in [0.05, 0.1) is 16.5 Å². The van der Waals surface area contributed by atoms with Crippen LogP contribution in [0.5, 0.6) is 0 Å². The number of fused-ring (bicyclic) bond motifs is 1. The average molecular weight is 536 g/mol. The zero-order valence-corrected chi connectivity index (χ0v) is 20.4. The number of carbonyl (C=O) groups excluding carboxylic acids is 1. The minimum absolute atomic E-state index is 0.0535. The summed E-state index contributed by atoms with van der Waals surface area (Å²) >= 11 is 0. The molecule has 0 aliphatic carbocycles. The number of nitrogens with zero attached hydrogens (tertiary/aromatic N) is 3. The van der Waals surface area contributed by atoms with Gasteiger partial charge in [-0.05, 0) is 47.9 Å². The molecule has 0 fully saturated rings. The van der Waals surface area contributed by atoms with Gasteiger partial charge in [0.15, 0.2) is 5.65 Å². The van der Waals surface area contributed by atoms with Crippen LogP contribution in [-0.4, -0.2) is 26.1 Å². The first kappa shape index (κ1) is 25.6. The Labute approximate surface area is 219 Å². The van der Waals surface area contributed by atoms with Crippen LogP contribution in [0.3, 0.4) is 0 Å². The molecule has 5 aromatic rings. The van der Waals surface area contributed by atoms with Gasteiger partial charge in [-0.3, -0.25) is 9.89 Å². The van der Waals surface area contributed by atoms with Crippen LogP contribution in [0.4, 0.5) is 34.9 Å². The predicted molar refractivity (Wildman–Crippen MR) is 139 cm³/mol. The molecule has 0 radical (unpaired) electrons. The third-order valence-electron chi connectivity index (χ3n) is 6.08. The third kappa shape index (κ3) is 5.49. The van der Waals surface area contributed by atoms with Gasteiger partial charge in [0.2, 0.25) is 0 Å². The van der Waals surface area contributed by atoms with Crippen LogP contribution in [0.1, 0.15) is 27.0 Å². The number of aryl methyl sites for hydroxylation is 1. The number of nitrogen functional groups attached to an aromatic ring is 1. The van der Waals surface area contributed by atoms with Gasteiger partial charge in [0.1, 0.15) is 17.5 Å². The number of hydrogen-bond donors (Lipinski definition) is 4. The van der Waals surface area contributed by atoms with Crippen molar-refractivity contribution in [3.8, 4) is 11.1 Å². The van der Waals surface area contributed by atoms with E-state index in [9.17, 15) is 22.4 Å². The maximum Gasteiger partial charge on any atom is 0.417 e. The van der Waals surface area contributed by atoms with Crippen molar-refractivity contribution < 1.29 is 22.4 Å². The summed E-state index contributed by atoms with van der Waals surface area (Å²) in [4.78, 5) is 21.1. The van der Waals surface area contributed by atoms with Crippen molar-refractivity contribution in [2.45, 2.75) is 19.6 Å². The second-order valence-corrected chi connectivity index (χ2v) is 8.82. The largest absolute Gasteiger partial charge is 0.417 e. The molecule has 12 heteroatoms. The van der Waals surface area contributed by atoms with Gasteiger partial charge in [-0.2, -0.15) is 18.3 Å². The zero-order chi connectivity index (χ0) is 27.7. The van der Waals surface area contributed by atoms with Gasteiger partial charge in [-0.15, -0.1) is 0 Å². The fourth-order valence-electron chi connectivity index (χ4n) is 3.88. The van der Waals surface area contributed by atoms with Gasteiger partial charge in [-0.1, -0.05) is 30.3 Å². The van der Waals surface area contributed by atoms with Gasteiger partial charge < -0.3 is 16.4 Å². The number of aromatic amines is 1. The van der Waals surface area contributed by atoms with E-state index in [1.807, 2.05) is 30.3 Å². The molecule has 0 saturated carbocycles. The monoisotopic (exact) mass is 535 g/mol. The quantitative estimate of drug-likeness (QED) is 0.200. The summed E-state index contributed by atoms with van der Waals surface area (Å²) in [5, 5.41) is 12.8. The van der Waals surface area contributed by atoms with Crippen molar-refractivity contribution in [3.63, 3.8) is 0 Å². The molecule has 0 aliphatic rings. The maximum atomic E-state index is 13.9. The molecule has 0 aliphatic heterocycles. The van der Waals surface area contributed by atoms with Crippen LogP contribution < -0.4 is 16.4 Å². The number of anilines is 3. The average Bonchev–Trinajstić information content (AvgIpc) is 3.29. The Kier molecular flexibility index (Phi) is 6.60. The SMILES string of the molecule is Cc1ccc(NC(=O)c2cc(C(F)(F)F)cnc2NCc2ccc(-c3cnc4n[nH]c(N)c4c3)cc2)cc1F. The third-order valence-corrected chi connectivity index (χ3v) is 6.08. The highest BCUT2D eigenvalue weighted by atomic mass is 19.4. The molecule has 1 amide bonds. The Bertz CT molecular complexity index is 1680. The van der Waals surface area contributed by atoms with Crippen molar-refractivity contribution in [2.24, 2.45) is 0 Å². The van der Waals surface area contributed by atoms with Crippen LogP contribution in [0.2, 0.25) is 0 Å². The number of alkyl halides is 3. The molecule has 5 rings (SSSR count). The Morgan fingerprint density at radius 1 is 1.00 bits per heavy atom. The van der Waals surface area contributed by atoms with E-state index in [0.29, 0.717) is 34.7 Å². The van der Waals surface area contributed by atoms with Gasteiger partial charge in [0, 0.05) is 30.2 Å². The fraction of sp³-hybridized carbons (Fsp3) is 0.111. The molecule has 3 heterocycles. The standard InChI is InChI=1S/C27H21F4N7O/c1-14-2-7-19(10-22(14)28)36-26(39)21-9-18(27(29,30)31)13-35-24(21)33-11-15-3-5-16(6-4-15)17-8-20-23(32)37-38-25(20)34-12-17/h2-10,12-13H,11H2,1H3,(H,33,35)(H,36,39)(H3,32,34,37,38). The number of rotatable bonds is 6. The number of carbonyl (C=O) groups is 1. The Morgan fingerprint density at radius 2 is 1.77 bits per heavy atom. The van der Waals surface area contributed by atoms with Gasteiger partial charge >= 0.3 is 6.18 Å². The summed E-state index contributed by atoms with van der Waals surface area (Å²) in [7, 11) is 0. The van der Waals surface area contributed by atoms with Gasteiger partial charge in [0.25, 0.3) is 5.91 Å². The number of aromatic nitrogens is 4. The highest BCUT2D eigenvalue weighted by molar-refractivity contribution is 6.07. The molecule has 0 bridgehead atoms. The zero-order valence-electron chi connectivity index (χ0n) is 20.4. The van der Waals surface area contributed by atoms with E-state index in [-0.39, 0.29) is 23.6 Å². The first-order chi connectivity index (χ1) is 18.6. The maximum absolute atomic E-state index is 13.9. The lowest BCUT2D eigenvalue weighted by Gasteiger charge is -2.15. The minimum Gasteiger partial charge on any atom is -0.384 e. The van der Waals surface area contributed by atoms with Crippen LogP contribution >= 0.6 is 0 Å². The summed E-state index contributed by atoms with van der Waals surface area (Å²) in [6, 6.07) is 13.9. The molecule has 0 atom stereocenters. The molecule has 0 spiro atoms. The molecule has 8 nitrogen and oxygen atoms in total. The molecule has 0 unspecified atom stereocenters. The molecule has 39 heavy (non-hydrogen) atoms. The molecule has 198 valence electrons. The Balaban J connectivity index is 1.36. The van der Waals surface area contributed by atoms with Crippen molar-refractivity contribution in [1.82, 2.24) is 20.2 Å². The molecule has 2 aromatic carbocycles. The van der Waals surface area contributed by atoms with Crippen molar-refractivity contribution in [2.75, 3.05) is 16.4 Å². The summed E-state index contributed by atoms with van der Waals surface area (Å²) in [5.41, 5.74) is 7.92. The first-order valence-electron chi connectivity index (χ1n) is 11.7. The smallest absolute Gasteiger partial charge is 0.384 e. The molecule has 0 saturated heterocycles. The first-order valence-corrected chi connectivity index (χ1v) is 11.7. The fourth-order valence-corrected chi connectivity index (χ4v) is 3.88. The molecule has 5 N–H and O–H groups in total. The number of hydrogen-bond acceptors (Lipinski definition) is 6.